The standard InChI is InChI=1S/C14H26O/c1-10(13(3,4)5)12(15-9)11(2)14(6,7)8/h1H2,2-9H3/b12-11-. The maximum absolute atomic E-state index is 5.51. The van der Waals surface area contributed by atoms with Gasteiger partial charge in [-0.2, -0.15) is 0 Å². The highest BCUT2D eigenvalue weighted by atomic mass is 16.5. The van der Waals surface area contributed by atoms with Crippen LogP contribution in [0.25, 0.3) is 0 Å². The third kappa shape index (κ3) is 3.73. The quantitative estimate of drug-likeness (QED) is 0.480. The van der Waals surface area contributed by atoms with Crippen molar-refractivity contribution in [1.82, 2.24) is 0 Å². The fourth-order valence-electron chi connectivity index (χ4n) is 1.18. The molecule has 0 aromatic rings. The Labute approximate surface area is 95.2 Å². The molecule has 0 radical (unpaired) electrons. The minimum Gasteiger partial charge on any atom is -0.497 e. The molecule has 0 atom stereocenters. The lowest BCUT2D eigenvalue weighted by atomic mass is 9.80. The molecule has 0 fully saturated rings. The summed E-state index contributed by atoms with van der Waals surface area (Å²) in [7, 11) is 1.72. The van der Waals surface area contributed by atoms with Gasteiger partial charge in [-0.05, 0) is 28.9 Å². The van der Waals surface area contributed by atoms with Gasteiger partial charge in [0.25, 0.3) is 0 Å². The van der Waals surface area contributed by atoms with Crippen molar-refractivity contribution in [2.24, 2.45) is 10.8 Å². The summed E-state index contributed by atoms with van der Waals surface area (Å²) in [6.07, 6.45) is 0. The fourth-order valence-corrected chi connectivity index (χ4v) is 1.18. The Balaban J connectivity index is 5.35. The Kier molecular flexibility index (Phi) is 4.21. The average Bonchev–Trinajstić information content (AvgIpc) is 2.01. The van der Waals surface area contributed by atoms with Crippen LogP contribution >= 0.6 is 0 Å². The Bertz CT molecular complexity index is 269. The minimum absolute atomic E-state index is 0.0534. The van der Waals surface area contributed by atoms with Gasteiger partial charge in [0.1, 0.15) is 5.76 Å². The van der Waals surface area contributed by atoms with Gasteiger partial charge < -0.3 is 4.74 Å². The smallest absolute Gasteiger partial charge is 0.121 e. The fraction of sp³-hybridized carbons (Fsp3) is 0.714. The highest BCUT2D eigenvalue weighted by Crippen LogP contribution is 2.36. The van der Waals surface area contributed by atoms with E-state index in [9.17, 15) is 0 Å². The van der Waals surface area contributed by atoms with Crippen molar-refractivity contribution in [2.75, 3.05) is 7.11 Å². The van der Waals surface area contributed by atoms with E-state index in [1.165, 1.54) is 5.57 Å². The second kappa shape index (κ2) is 4.42. The molecule has 0 saturated carbocycles. The van der Waals surface area contributed by atoms with Crippen molar-refractivity contribution in [1.29, 1.82) is 0 Å². The van der Waals surface area contributed by atoms with E-state index in [4.69, 9.17) is 4.74 Å². The molecule has 0 rings (SSSR count). The lowest BCUT2D eigenvalue weighted by Gasteiger charge is -2.29. The lowest BCUT2D eigenvalue weighted by molar-refractivity contribution is 0.267. The van der Waals surface area contributed by atoms with Gasteiger partial charge in [0, 0.05) is 0 Å². The number of methoxy groups -OCH3 is 1. The number of allylic oxidation sites excluding steroid dienone is 2. The van der Waals surface area contributed by atoms with Crippen LogP contribution in [0, 0.1) is 10.8 Å². The molecule has 88 valence electrons. The molecular formula is C14H26O. The molecule has 0 aliphatic heterocycles. The summed E-state index contributed by atoms with van der Waals surface area (Å²) in [6, 6.07) is 0. The highest BCUT2D eigenvalue weighted by Gasteiger charge is 2.25. The largest absolute Gasteiger partial charge is 0.497 e. The van der Waals surface area contributed by atoms with Crippen molar-refractivity contribution < 1.29 is 4.74 Å². The molecule has 0 spiro atoms. The first-order chi connectivity index (χ1) is 6.51. The Morgan fingerprint density at radius 3 is 1.53 bits per heavy atom. The molecule has 0 unspecified atom stereocenters. The van der Waals surface area contributed by atoms with Crippen molar-refractivity contribution in [3.8, 4) is 0 Å². The van der Waals surface area contributed by atoms with Crippen molar-refractivity contribution in [3.05, 3.63) is 23.5 Å². The number of ether oxygens (including phenoxy) is 1. The first-order valence-electron chi connectivity index (χ1n) is 5.47. The third-order valence-electron chi connectivity index (χ3n) is 2.85. The second-order valence-corrected chi connectivity index (χ2v) is 6.14. The summed E-state index contributed by atoms with van der Waals surface area (Å²) < 4.78 is 5.51. The summed E-state index contributed by atoms with van der Waals surface area (Å²) >= 11 is 0. The van der Waals surface area contributed by atoms with E-state index in [0.717, 1.165) is 11.3 Å². The molecule has 0 aromatic carbocycles. The van der Waals surface area contributed by atoms with Crippen LogP contribution in [0.2, 0.25) is 0 Å². The third-order valence-corrected chi connectivity index (χ3v) is 2.85. The molecule has 0 N–H and O–H groups in total. The van der Waals surface area contributed by atoms with E-state index in [2.05, 4.69) is 55.0 Å². The summed E-state index contributed by atoms with van der Waals surface area (Å²) in [5, 5.41) is 0. The molecular weight excluding hydrogens is 184 g/mol. The summed E-state index contributed by atoms with van der Waals surface area (Å²) in [5.41, 5.74) is 2.50. The van der Waals surface area contributed by atoms with E-state index in [-0.39, 0.29) is 10.8 Å². The molecule has 15 heavy (non-hydrogen) atoms. The molecule has 0 amide bonds. The van der Waals surface area contributed by atoms with Gasteiger partial charge in [0.05, 0.1) is 7.11 Å². The monoisotopic (exact) mass is 210 g/mol. The molecule has 1 nitrogen and oxygen atoms in total. The summed E-state index contributed by atoms with van der Waals surface area (Å²) in [6.45, 7) is 19.3. The molecule has 1 heteroatoms. The van der Waals surface area contributed by atoms with Crippen LogP contribution < -0.4 is 0 Å². The Morgan fingerprint density at radius 1 is 0.933 bits per heavy atom. The first-order valence-corrected chi connectivity index (χ1v) is 5.47. The molecule has 0 saturated heterocycles. The van der Waals surface area contributed by atoms with Crippen LogP contribution in [0.1, 0.15) is 48.5 Å². The van der Waals surface area contributed by atoms with E-state index in [1.54, 1.807) is 7.11 Å². The van der Waals surface area contributed by atoms with Crippen molar-refractivity contribution in [2.45, 2.75) is 48.5 Å². The Morgan fingerprint density at radius 2 is 1.33 bits per heavy atom. The molecule has 0 aliphatic carbocycles. The average molecular weight is 210 g/mol. The van der Waals surface area contributed by atoms with Crippen molar-refractivity contribution in [3.63, 3.8) is 0 Å². The van der Waals surface area contributed by atoms with Crippen LogP contribution in [-0.4, -0.2) is 7.11 Å². The van der Waals surface area contributed by atoms with E-state index >= 15 is 0 Å². The summed E-state index contributed by atoms with van der Waals surface area (Å²) in [5.74, 6) is 0.954. The molecule has 0 heterocycles. The topological polar surface area (TPSA) is 9.23 Å². The van der Waals surface area contributed by atoms with Crippen LogP contribution in [0.5, 0.6) is 0 Å². The summed E-state index contributed by atoms with van der Waals surface area (Å²) in [4.78, 5) is 0. The molecule has 0 bridgehead atoms. The predicted octanol–water partition coefficient (Wildman–Crippen LogP) is 4.56. The second-order valence-electron chi connectivity index (χ2n) is 6.14. The minimum atomic E-state index is 0.0534. The molecule has 0 aliphatic rings. The number of hydrogen-bond donors (Lipinski definition) is 0. The van der Waals surface area contributed by atoms with Crippen LogP contribution in [-0.2, 0) is 4.74 Å². The zero-order valence-corrected chi connectivity index (χ0v) is 11.6. The maximum Gasteiger partial charge on any atom is 0.121 e. The zero-order valence-electron chi connectivity index (χ0n) is 11.6. The van der Waals surface area contributed by atoms with E-state index in [1.807, 2.05) is 0 Å². The van der Waals surface area contributed by atoms with Gasteiger partial charge in [-0.15, -0.1) is 0 Å². The normalized spacial score (nSPS) is 14.7. The SMILES string of the molecule is C=C(/C(OC)=C(\C)C(C)(C)C)C(C)(C)C. The number of hydrogen-bond acceptors (Lipinski definition) is 1. The zero-order chi connectivity index (χ0) is 12.4. The lowest BCUT2D eigenvalue weighted by Crippen LogP contribution is -2.17. The predicted molar refractivity (Wildman–Crippen MR) is 67.8 cm³/mol. The van der Waals surface area contributed by atoms with Gasteiger partial charge >= 0.3 is 0 Å². The van der Waals surface area contributed by atoms with Crippen LogP contribution in [0.15, 0.2) is 23.5 Å². The first kappa shape index (κ1) is 14.3. The molecule has 0 aromatic heterocycles. The van der Waals surface area contributed by atoms with Gasteiger partial charge in [-0.1, -0.05) is 48.1 Å². The van der Waals surface area contributed by atoms with E-state index in [0.29, 0.717) is 0 Å². The van der Waals surface area contributed by atoms with Gasteiger partial charge in [-0.25, -0.2) is 0 Å². The van der Waals surface area contributed by atoms with Gasteiger partial charge in [0.2, 0.25) is 0 Å². The van der Waals surface area contributed by atoms with Crippen LogP contribution in [0.3, 0.4) is 0 Å². The van der Waals surface area contributed by atoms with Crippen LogP contribution in [0.4, 0.5) is 0 Å². The highest BCUT2D eigenvalue weighted by molar-refractivity contribution is 5.33. The van der Waals surface area contributed by atoms with E-state index < -0.39 is 0 Å². The van der Waals surface area contributed by atoms with Crippen molar-refractivity contribution >= 4 is 0 Å². The van der Waals surface area contributed by atoms with Gasteiger partial charge in [0.15, 0.2) is 0 Å². The van der Waals surface area contributed by atoms with Gasteiger partial charge in [-0.3, -0.25) is 0 Å². The number of rotatable bonds is 2. The Hall–Kier alpha value is -0.720. The maximum atomic E-state index is 5.51.